The fraction of sp³-hybridized carbons (Fsp3) is 0.481. The van der Waals surface area contributed by atoms with Gasteiger partial charge in [0.25, 0.3) is 0 Å². The summed E-state index contributed by atoms with van der Waals surface area (Å²) in [5, 5.41) is 6.38. The Morgan fingerprint density at radius 2 is 1.50 bits per heavy atom. The molecule has 0 fully saturated rings. The predicted molar refractivity (Wildman–Crippen MR) is 140 cm³/mol. The Bertz CT molecular complexity index is 938. The number of para-hydroxylation sites is 1. The summed E-state index contributed by atoms with van der Waals surface area (Å²) in [6.45, 7) is 10.8. The first kappa shape index (κ1) is 25.1. The van der Waals surface area contributed by atoms with Gasteiger partial charge in [-0.15, -0.1) is 0 Å². The lowest BCUT2D eigenvalue weighted by Gasteiger charge is -2.21. The third-order valence-electron chi connectivity index (χ3n) is 6.06. The van der Waals surface area contributed by atoms with Crippen LogP contribution in [0.1, 0.15) is 57.1 Å². The first-order valence-electron chi connectivity index (χ1n) is 12.1. The van der Waals surface area contributed by atoms with Gasteiger partial charge in [-0.3, -0.25) is 0 Å². The first-order chi connectivity index (χ1) is 15.6. The molecular weight excluding hydrogens is 437 g/mol. The molecule has 0 atom stereocenters. The van der Waals surface area contributed by atoms with Crippen molar-refractivity contribution in [3.63, 3.8) is 0 Å². The summed E-state index contributed by atoms with van der Waals surface area (Å²) < 4.78 is 2.26. The second-order valence-electron chi connectivity index (χ2n) is 8.58. The van der Waals surface area contributed by atoms with Crippen molar-refractivity contribution < 1.29 is 0 Å². The number of hydrogen-bond donors (Lipinski definition) is 1. The maximum absolute atomic E-state index is 6.43. The molecule has 0 aliphatic heterocycles. The molecule has 0 unspecified atom stereocenters. The van der Waals surface area contributed by atoms with Gasteiger partial charge < -0.3 is 14.8 Å². The maximum Gasteiger partial charge on any atom is 0.0505 e. The lowest BCUT2D eigenvalue weighted by molar-refractivity contribution is 0.261. The van der Waals surface area contributed by atoms with Crippen LogP contribution < -0.4 is 5.32 Å². The van der Waals surface area contributed by atoms with E-state index in [9.17, 15) is 0 Å². The fourth-order valence-electron chi connectivity index (χ4n) is 4.20. The Morgan fingerprint density at radius 3 is 2.19 bits per heavy atom. The van der Waals surface area contributed by atoms with E-state index in [0.717, 1.165) is 18.7 Å². The molecular formula is C27H37Cl2N3. The number of benzene rings is 2. The van der Waals surface area contributed by atoms with E-state index in [4.69, 9.17) is 23.2 Å². The Labute approximate surface area is 203 Å². The second-order valence-corrected chi connectivity index (χ2v) is 9.39. The molecule has 2 aromatic carbocycles. The van der Waals surface area contributed by atoms with Crippen LogP contribution in [0.4, 0.5) is 0 Å². The van der Waals surface area contributed by atoms with E-state index in [1.807, 2.05) is 18.2 Å². The number of nitrogens with zero attached hydrogens (tertiary/aromatic N) is 2. The number of halogens is 2. The van der Waals surface area contributed by atoms with Crippen molar-refractivity contribution in [1.29, 1.82) is 0 Å². The minimum atomic E-state index is 0.669. The summed E-state index contributed by atoms with van der Waals surface area (Å²) >= 11 is 12.9. The van der Waals surface area contributed by atoms with Crippen LogP contribution in [0.15, 0.2) is 48.7 Å². The molecule has 0 aliphatic carbocycles. The molecule has 3 rings (SSSR count). The summed E-state index contributed by atoms with van der Waals surface area (Å²) in [4.78, 5) is 2.63. The van der Waals surface area contributed by atoms with Crippen molar-refractivity contribution in [1.82, 2.24) is 14.8 Å². The minimum Gasteiger partial charge on any atom is -0.343 e. The summed E-state index contributed by atoms with van der Waals surface area (Å²) in [5.74, 6) is 0. The molecule has 174 valence electrons. The van der Waals surface area contributed by atoms with E-state index in [0.29, 0.717) is 16.6 Å². The zero-order valence-electron chi connectivity index (χ0n) is 19.5. The van der Waals surface area contributed by atoms with Crippen molar-refractivity contribution >= 4 is 34.1 Å². The van der Waals surface area contributed by atoms with E-state index in [2.05, 4.69) is 59.1 Å². The zero-order valence-corrected chi connectivity index (χ0v) is 21.1. The van der Waals surface area contributed by atoms with Gasteiger partial charge >= 0.3 is 0 Å². The van der Waals surface area contributed by atoms with Crippen LogP contribution in [0.2, 0.25) is 10.0 Å². The lowest BCUT2D eigenvalue weighted by Crippen LogP contribution is -2.29. The largest absolute Gasteiger partial charge is 0.343 e. The Hall–Kier alpha value is -1.52. The van der Waals surface area contributed by atoms with Crippen molar-refractivity contribution in [3.05, 3.63) is 69.8 Å². The maximum atomic E-state index is 6.43. The summed E-state index contributed by atoms with van der Waals surface area (Å²) in [5.41, 5.74) is 3.50. The average Bonchev–Trinajstić information content (AvgIpc) is 3.15. The van der Waals surface area contributed by atoms with Crippen LogP contribution in [0.3, 0.4) is 0 Å². The van der Waals surface area contributed by atoms with Crippen LogP contribution in [0.25, 0.3) is 10.9 Å². The molecule has 5 heteroatoms. The molecule has 0 amide bonds. The summed E-state index contributed by atoms with van der Waals surface area (Å²) in [6, 6.07) is 14.3. The molecule has 3 aromatic rings. The zero-order chi connectivity index (χ0) is 22.8. The fourth-order valence-corrected chi connectivity index (χ4v) is 4.71. The summed E-state index contributed by atoms with van der Waals surface area (Å²) in [7, 11) is 0. The van der Waals surface area contributed by atoms with Crippen LogP contribution in [0, 0.1) is 0 Å². The number of aromatic nitrogens is 1. The third kappa shape index (κ3) is 6.99. The van der Waals surface area contributed by atoms with E-state index >= 15 is 0 Å². The molecule has 0 radical (unpaired) electrons. The number of fused-ring (bicyclic) bond motifs is 1. The molecule has 0 bridgehead atoms. The highest BCUT2D eigenvalue weighted by Gasteiger charge is 2.12. The van der Waals surface area contributed by atoms with Gasteiger partial charge in [-0.25, -0.2) is 0 Å². The number of hydrogen-bond acceptors (Lipinski definition) is 2. The number of unbranched alkanes of at least 4 members (excludes halogenated alkanes) is 2. The molecule has 1 aromatic heterocycles. The minimum absolute atomic E-state index is 0.669. The number of rotatable bonds is 14. The van der Waals surface area contributed by atoms with Gasteiger partial charge in [0.15, 0.2) is 0 Å². The molecule has 0 spiro atoms. The van der Waals surface area contributed by atoms with Gasteiger partial charge in [0.05, 0.1) is 6.54 Å². The summed E-state index contributed by atoms with van der Waals surface area (Å²) in [6.07, 6.45) is 8.56. The first-order valence-corrected chi connectivity index (χ1v) is 12.8. The molecule has 0 aliphatic rings. The highest BCUT2D eigenvalue weighted by atomic mass is 35.5. The van der Waals surface area contributed by atoms with E-state index in [1.165, 1.54) is 68.2 Å². The van der Waals surface area contributed by atoms with Crippen molar-refractivity contribution in [2.24, 2.45) is 0 Å². The van der Waals surface area contributed by atoms with E-state index in [-0.39, 0.29) is 0 Å². The van der Waals surface area contributed by atoms with Gasteiger partial charge in [-0.1, -0.05) is 74.2 Å². The highest BCUT2D eigenvalue weighted by molar-refractivity contribution is 6.36. The van der Waals surface area contributed by atoms with Crippen LogP contribution in [-0.2, 0) is 13.1 Å². The van der Waals surface area contributed by atoms with Crippen LogP contribution in [-0.4, -0.2) is 35.6 Å². The van der Waals surface area contributed by atoms with Crippen LogP contribution >= 0.6 is 23.2 Å². The molecule has 3 nitrogen and oxygen atoms in total. The average molecular weight is 475 g/mol. The highest BCUT2D eigenvalue weighted by Crippen LogP contribution is 2.28. The quantitative estimate of drug-likeness (QED) is 0.246. The van der Waals surface area contributed by atoms with Crippen molar-refractivity contribution in [2.45, 2.75) is 59.0 Å². The van der Waals surface area contributed by atoms with Crippen molar-refractivity contribution in [2.75, 3.05) is 26.2 Å². The van der Waals surface area contributed by atoms with Gasteiger partial charge in [-0.05, 0) is 69.2 Å². The number of nitrogens with one attached hydrogen (secondary N) is 1. The van der Waals surface area contributed by atoms with Gasteiger partial charge in [0.2, 0.25) is 0 Å². The molecule has 32 heavy (non-hydrogen) atoms. The molecule has 0 saturated heterocycles. The topological polar surface area (TPSA) is 20.2 Å². The molecule has 1 heterocycles. The Morgan fingerprint density at radius 1 is 0.844 bits per heavy atom. The smallest absolute Gasteiger partial charge is 0.0505 e. The van der Waals surface area contributed by atoms with Gasteiger partial charge in [0.1, 0.15) is 0 Å². The Kier molecular flexibility index (Phi) is 10.4. The Balaban J connectivity index is 1.59. The second kappa shape index (κ2) is 13.3. The van der Waals surface area contributed by atoms with Crippen molar-refractivity contribution in [3.8, 4) is 0 Å². The standard InChI is InChI=1S/C27H37Cl2N3/c1-3-5-16-31(17-6-4-2)18-10-15-30-19-22-20-32(27-14-8-7-11-23(22)27)21-24-25(28)12-9-13-26(24)29/h7-9,11-14,20,30H,3-6,10,15-19,21H2,1-2H3. The molecule has 1 N–H and O–H groups in total. The predicted octanol–water partition coefficient (Wildman–Crippen LogP) is 7.38. The van der Waals surface area contributed by atoms with Gasteiger partial charge in [-0.2, -0.15) is 0 Å². The van der Waals surface area contributed by atoms with Crippen LogP contribution in [0.5, 0.6) is 0 Å². The normalized spacial score (nSPS) is 11.7. The lowest BCUT2D eigenvalue weighted by atomic mass is 10.2. The third-order valence-corrected chi connectivity index (χ3v) is 6.77. The SMILES string of the molecule is CCCCN(CCCC)CCCNCc1cn(Cc2c(Cl)cccc2Cl)c2ccccc12. The monoisotopic (exact) mass is 473 g/mol. The van der Waals surface area contributed by atoms with E-state index < -0.39 is 0 Å². The van der Waals surface area contributed by atoms with E-state index in [1.54, 1.807) is 0 Å². The molecule has 0 saturated carbocycles. The van der Waals surface area contributed by atoms with Gasteiger partial charge in [0, 0.05) is 39.3 Å².